The second-order valence-corrected chi connectivity index (χ2v) is 9.04. The Labute approximate surface area is 164 Å². The molecule has 1 unspecified atom stereocenters. The third-order valence-electron chi connectivity index (χ3n) is 4.66. The van der Waals surface area contributed by atoms with Gasteiger partial charge in [0.15, 0.2) is 0 Å². The number of hydrogen-bond acceptors (Lipinski definition) is 5. The number of aromatic nitrogens is 2. The molecule has 2 heterocycles. The Hall–Kier alpha value is -1.74. The van der Waals surface area contributed by atoms with Crippen LogP contribution in [0.5, 0.6) is 0 Å². The highest BCUT2D eigenvalue weighted by atomic mass is 32.1. The number of amides is 3. The van der Waals surface area contributed by atoms with Crippen molar-refractivity contribution >= 4 is 23.3 Å². The Morgan fingerprint density at radius 3 is 2.70 bits per heavy atom. The van der Waals surface area contributed by atoms with Gasteiger partial charge in [-0.05, 0) is 18.8 Å². The molecule has 0 spiro atoms. The van der Waals surface area contributed by atoms with Crippen LogP contribution in [-0.2, 0) is 21.5 Å². The van der Waals surface area contributed by atoms with Crippen molar-refractivity contribution in [3.05, 3.63) is 9.81 Å². The van der Waals surface area contributed by atoms with Crippen LogP contribution >= 0.6 is 11.3 Å². The number of nitrogens with one attached hydrogen (secondary N) is 1. The molecular weight excluding hydrogens is 366 g/mol. The van der Waals surface area contributed by atoms with Crippen molar-refractivity contribution < 1.29 is 14.3 Å². The molecule has 1 saturated heterocycles. The molecule has 0 aliphatic carbocycles. The average molecular weight is 398 g/mol. The van der Waals surface area contributed by atoms with E-state index in [4.69, 9.17) is 10.5 Å². The number of carbonyl (C=O) groups excluding carboxylic acids is 2. The fraction of sp³-hybridized carbons (Fsp3) is 0.778. The standard InChI is InChI=1S/C18H31N5O3S/c1-6-11(2)13(14(19)24)20-16(25)21-17-23(10-12-8-7-9-26-12)22-15(27-17)18(3,4)5/h11-13H,6-10H2,1-5H3,(H2,19,24)(H,20,25)/t11?,12-,13+/m1/s1. The number of ether oxygens (including phenoxy) is 1. The first-order valence-electron chi connectivity index (χ1n) is 9.46. The average Bonchev–Trinajstić information content (AvgIpc) is 3.22. The number of hydrogen-bond donors (Lipinski definition) is 2. The fourth-order valence-electron chi connectivity index (χ4n) is 2.78. The summed E-state index contributed by atoms with van der Waals surface area (Å²) in [5.74, 6) is -0.618. The molecule has 3 amide bonds. The van der Waals surface area contributed by atoms with E-state index in [1.807, 2.05) is 13.8 Å². The van der Waals surface area contributed by atoms with Crippen molar-refractivity contribution in [3.8, 4) is 0 Å². The van der Waals surface area contributed by atoms with Gasteiger partial charge in [0.1, 0.15) is 11.0 Å². The van der Waals surface area contributed by atoms with Crippen LogP contribution in [0.4, 0.5) is 4.79 Å². The predicted octanol–water partition coefficient (Wildman–Crippen LogP) is 1.93. The highest BCUT2D eigenvalue weighted by molar-refractivity contribution is 7.09. The molecule has 3 atom stereocenters. The van der Waals surface area contributed by atoms with Crippen molar-refractivity contribution in [1.29, 1.82) is 0 Å². The minimum Gasteiger partial charge on any atom is -0.376 e. The van der Waals surface area contributed by atoms with E-state index in [0.29, 0.717) is 11.3 Å². The number of nitrogens with two attached hydrogens (primary N) is 1. The molecule has 1 fully saturated rings. The number of urea groups is 1. The van der Waals surface area contributed by atoms with Gasteiger partial charge in [-0.25, -0.2) is 9.48 Å². The monoisotopic (exact) mass is 397 g/mol. The number of rotatable bonds is 6. The molecule has 0 radical (unpaired) electrons. The van der Waals surface area contributed by atoms with Gasteiger partial charge in [-0.15, -0.1) is 0 Å². The van der Waals surface area contributed by atoms with Gasteiger partial charge in [-0.2, -0.15) is 10.1 Å². The molecule has 0 saturated carbocycles. The summed E-state index contributed by atoms with van der Waals surface area (Å²) in [6, 6.07) is -1.32. The Balaban J connectivity index is 2.29. The van der Waals surface area contributed by atoms with E-state index in [1.54, 1.807) is 4.68 Å². The summed E-state index contributed by atoms with van der Waals surface area (Å²) in [7, 11) is 0. The van der Waals surface area contributed by atoms with E-state index < -0.39 is 18.0 Å². The molecule has 2 rings (SSSR count). The molecular formula is C18H31N5O3S. The molecule has 1 aliphatic heterocycles. The van der Waals surface area contributed by atoms with Crippen LogP contribution in [0.15, 0.2) is 4.99 Å². The van der Waals surface area contributed by atoms with Gasteiger partial charge < -0.3 is 15.8 Å². The van der Waals surface area contributed by atoms with Crippen molar-refractivity contribution in [2.45, 2.75) is 78.0 Å². The van der Waals surface area contributed by atoms with Crippen molar-refractivity contribution in [2.24, 2.45) is 16.6 Å². The summed E-state index contributed by atoms with van der Waals surface area (Å²) in [4.78, 5) is 28.8. The fourth-order valence-corrected chi connectivity index (χ4v) is 3.75. The number of primary amides is 1. The molecule has 0 aromatic carbocycles. The predicted molar refractivity (Wildman–Crippen MR) is 104 cm³/mol. The zero-order valence-corrected chi connectivity index (χ0v) is 17.6. The third-order valence-corrected chi connectivity index (χ3v) is 6.03. The number of carbonyl (C=O) groups is 2. The summed E-state index contributed by atoms with van der Waals surface area (Å²) >= 11 is 1.38. The first-order chi connectivity index (χ1) is 12.6. The first-order valence-corrected chi connectivity index (χ1v) is 10.3. The molecule has 152 valence electrons. The molecule has 1 aromatic rings. The van der Waals surface area contributed by atoms with Crippen LogP contribution in [0.25, 0.3) is 0 Å². The van der Waals surface area contributed by atoms with E-state index in [9.17, 15) is 9.59 Å². The second-order valence-electron chi connectivity index (χ2n) is 8.08. The zero-order chi connectivity index (χ0) is 20.2. The topological polar surface area (TPSA) is 112 Å². The van der Waals surface area contributed by atoms with Crippen LogP contribution in [0.3, 0.4) is 0 Å². The van der Waals surface area contributed by atoms with Gasteiger partial charge >= 0.3 is 6.03 Å². The Morgan fingerprint density at radius 2 is 2.19 bits per heavy atom. The summed E-state index contributed by atoms with van der Waals surface area (Å²) in [6.45, 7) is 11.3. The normalized spacial score (nSPS) is 20.5. The molecule has 1 aliphatic rings. The third kappa shape index (κ3) is 5.87. The highest BCUT2D eigenvalue weighted by Gasteiger charge is 2.25. The van der Waals surface area contributed by atoms with Crippen LogP contribution in [0.1, 0.15) is 58.9 Å². The summed E-state index contributed by atoms with van der Waals surface area (Å²) in [5.41, 5.74) is 5.27. The van der Waals surface area contributed by atoms with Crippen LogP contribution in [0, 0.1) is 5.92 Å². The minimum absolute atomic E-state index is 0.0627. The van der Waals surface area contributed by atoms with E-state index in [2.05, 4.69) is 36.2 Å². The smallest absolute Gasteiger partial charge is 0.344 e. The van der Waals surface area contributed by atoms with Crippen molar-refractivity contribution in [1.82, 2.24) is 15.1 Å². The Bertz CT molecular complexity index is 728. The summed E-state index contributed by atoms with van der Waals surface area (Å²) in [6.07, 6.45) is 2.81. The highest BCUT2D eigenvalue weighted by Crippen LogP contribution is 2.22. The van der Waals surface area contributed by atoms with Gasteiger partial charge in [-0.1, -0.05) is 52.4 Å². The maximum Gasteiger partial charge on any atom is 0.344 e. The van der Waals surface area contributed by atoms with Gasteiger partial charge in [0, 0.05) is 12.0 Å². The zero-order valence-electron chi connectivity index (χ0n) is 16.8. The molecule has 9 heteroatoms. The molecule has 8 nitrogen and oxygen atoms in total. The summed E-state index contributed by atoms with van der Waals surface area (Å²) < 4.78 is 7.43. The lowest BCUT2D eigenvalue weighted by Gasteiger charge is -2.19. The SMILES string of the molecule is CCC(C)[C@H](NC(=O)N=c1sc(C(C)(C)C)nn1C[C@H]1CCCO1)C(N)=O. The van der Waals surface area contributed by atoms with E-state index >= 15 is 0 Å². The maximum atomic E-state index is 12.4. The van der Waals surface area contributed by atoms with E-state index in [0.717, 1.165) is 30.9 Å². The molecule has 1 aromatic heterocycles. The molecule has 3 N–H and O–H groups in total. The van der Waals surface area contributed by atoms with E-state index in [-0.39, 0.29) is 17.4 Å². The van der Waals surface area contributed by atoms with Gasteiger partial charge in [0.25, 0.3) is 0 Å². The lowest BCUT2D eigenvalue weighted by molar-refractivity contribution is -0.120. The maximum absolute atomic E-state index is 12.4. The quantitative estimate of drug-likeness (QED) is 0.764. The largest absolute Gasteiger partial charge is 0.376 e. The lowest BCUT2D eigenvalue weighted by Crippen LogP contribution is -2.47. The molecule has 0 bridgehead atoms. The van der Waals surface area contributed by atoms with Gasteiger partial charge in [-0.3, -0.25) is 4.79 Å². The minimum atomic E-state index is -0.743. The lowest BCUT2D eigenvalue weighted by atomic mass is 9.98. The van der Waals surface area contributed by atoms with Crippen LogP contribution < -0.4 is 15.9 Å². The Kier molecular flexibility index (Phi) is 7.16. The second kappa shape index (κ2) is 8.97. The summed E-state index contributed by atoms with van der Waals surface area (Å²) in [5, 5.41) is 8.18. The van der Waals surface area contributed by atoms with E-state index in [1.165, 1.54) is 11.3 Å². The van der Waals surface area contributed by atoms with Gasteiger partial charge in [0.05, 0.1) is 12.6 Å². The molecule has 27 heavy (non-hydrogen) atoms. The van der Waals surface area contributed by atoms with Crippen molar-refractivity contribution in [2.75, 3.05) is 6.61 Å². The van der Waals surface area contributed by atoms with Crippen LogP contribution in [0.2, 0.25) is 0 Å². The van der Waals surface area contributed by atoms with Crippen LogP contribution in [-0.4, -0.2) is 40.5 Å². The number of nitrogens with zero attached hydrogens (tertiary/aromatic N) is 3. The first kappa shape index (κ1) is 21.6. The Morgan fingerprint density at radius 1 is 1.48 bits per heavy atom. The van der Waals surface area contributed by atoms with Crippen molar-refractivity contribution in [3.63, 3.8) is 0 Å². The van der Waals surface area contributed by atoms with Gasteiger partial charge in [0.2, 0.25) is 10.7 Å².